The summed E-state index contributed by atoms with van der Waals surface area (Å²) in [5.41, 5.74) is 4.85. The number of amides is 3. The molecule has 3 N–H and O–H groups in total. The second-order valence-corrected chi connectivity index (χ2v) is 5.33. The van der Waals surface area contributed by atoms with Gasteiger partial charge in [0, 0.05) is 4.90 Å². The van der Waals surface area contributed by atoms with Crippen molar-refractivity contribution in [2.24, 2.45) is 5.73 Å². The van der Waals surface area contributed by atoms with Crippen molar-refractivity contribution in [2.45, 2.75) is 17.1 Å². The third-order valence-corrected chi connectivity index (χ3v) is 3.93. The van der Waals surface area contributed by atoms with Gasteiger partial charge in [-0.15, -0.1) is 11.8 Å². The molecule has 1 atom stereocenters. The van der Waals surface area contributed by atoms with Gasteiger partial charge >= 0.3 is 6.03 Å². The Hall–Kier alpha value is -0.910. The first kappa shape index (κ1) is 14.2. The maximum atomic E-state index is 11.5. The Kier molecular flexibility index (Phi) is 5.11. The van der Waals surface area contributed by atoms with E-state index >= 15 is 0 Å². The van der Waals surface area contributed by atoms with Crippen LogP contribution >= 0.6 is 35.0 Å². The van der Waals surface area contributed by atoms with Crippen LogP contribution in [-0.2, 0) is 4.79 Å². The van der Waals surface area contributed by atoms with Gasteiger partial charge in [-0.3, -0.25) is 10.1 Å². The summed E-state index contributed by atoms with van der Waals surface area (Å²) in [6.07, 6.45) is 0. The van der Waals surface area contributed by atoms with Gasteiger partial charge in [0.05, 0.1) is 15.3 Å². The molecule has 4 nitrogen and oxygen atoms in total. The van der Waals surface area contributed by atoms with Crippen molar-refractivity contribution in [3.63, 3.8) is 0 Å². The summed E-state index contributed by atoms with van der Waals surface area (Å²) in [5, 5.41) is 2.39. The first-order valence-corrected chi connectivity index (χ1v) is 6.26. The Balaban J connectivity index is 2.77. The summed E-state index contributed by atoms with van der Waals surface area (Å²) in [6.45, 7) is 1.63. The van der Waals surface area contributed by atoms with Crippen LogP contribution < -0.4 is 11.1 Å². The van der Waals surface area contributed by atoms with Crippen molar-refractivity contribution in [2.75, 3.05) is 0 Å². The Morgan fingerprint density at radius 2 is 1.88 bits per heavy atom. The number of nitrogens with one attached hydrogen (secondary N) is 1. The standard InChI is InChI=1S/C10H10Cl2N2O2S/c1-5(9(15)14-10(13)16)17-8-6(11)3-2-4-7(8)12/h2-5H,1H3,(H3,13,14,15,16)/t5-/m0/s1. The van der Waals surface area contributed by atoms with Crippen LogP contribution in [0.2, 0.25) is 10.0 Å². The quantitative estimate of drug-likeness (QED) is 0.842. The minimum Gasteiger partial charge on any atom is -0.351 e. The highest BCUT2D eigenvalue weighted by Crippen LogP contribution is 2.36. The van der Waals surface area contributed by atoms with Crippen molar-refractivity contribution in [1.29, 1.82) is 0 Å². The molecule has 1 aromatic carbocycles. The number of carbonyl (C=O) groups excluding carboxylic acids is 2. The molecular formula is C10H10Cl2N2O2S. The Labute approximate surface area is 113 Å². The van der Waals surface area contributed by atoms with E-state index in [-0.39, 0.29) is 0 Å². The molecule has 0 aliphatic heterocycles. The number of hydrogen-bond acceptors (Lipinski definition) is 3. The number of primary amides is 1. The summed E-state index contributed by atoms with van der Waals surface area (Å²) in [5.74, 6) is -0.488. The van der Waals surface area contributed by atoms with Crippen LogP contribution in [0.4, 0.5) is 4.79 Å². The van der Waals surface area contributed by atoms with Gasteiger partial charge in [0.15, 0.2) is 0 Å². The molecule has 17 heavy (non-hydrogen) atoms. The number of rotatable bonds is 3. The molecule has 1 rings (SSSR count). The minimum atomic E-state index is -0.882. The van der Waals surface area contributed by atoms with Crippen molar-refractivity contribution in [3.8, 4) is 0 Å². The van der Waals surface area contributed by atoms with E-state index < -0.39 is 17.2 Å². The number of imide groups is 1. The van der Waals surface area contributed by atoms with Crippen molar-refractivity contribution in [1.82, 2.24) is 5.32 Å². The van der Waals surface area contributed by atoms with Gasteiger partial charge in [-0.1, -0.05) is 29.3 Å². The monoisotopic (exact) mass is 292 g/mol. The van der Waals surface area contributed by atoms with Gasteiger partial charge in [0.1, 0.15) is 0 Å². The predicted octanol–water partition coefficient (Wildman–Crippen LogP) is 2.67. The highest BCUT2D eigenvalue weighted by Gasteiger charge is 2.18. The molecule has 7 heteroatoms. The highest BCUT2D eigenvalue weighted by molar-refractivity contribution is 8.00. The normalized spacial score (nSPS) is 11.9. The van der Waals surface area contributed by atoms with Gasteiger partial charge < -0.3 is 5.73 Å². The van der Waals surface area contributed by atoms with Gasteiger partial charge in [-0.05, 0) is 19.1 Å². The van der Waals surface area contributed by atoms with E-state index in [1.165, 1.54) is 0 Å². The van der Waals surface area contributed by atoms with Crippen LogP contribution in [0.5, 0.6) is 0 Å². The lowest BCUT2D eigenvalue weighted by Crippen LogP contribution is -2.39. The molecule has 0 radical (unpaired) electrons. The molecule has 3 amide bonds. The fourth-order valence-corrected chi connectivity index (χ4v) is 2.59. The van der Waals surface area contributed by atoms with E-state index in [0.717, 1.165) is 11.8 Å². The summed E-state index contributed by atoms with van der Waals surface area (Å²) in [7, 11) is 0. The first-order valence-electron chi connectivity index (χ1n) is 4.62. The van der Waals surface area contributed by atoms with Crippen LogP contribution in [0.25, 0.3) is 0 Å². The largest absolute Gasteiger partial charge is 0.351 e. The second kappa shape index (κ2) is 6.14. The summed E-state index contributed by atoms with van der Waals surface area (Å²) in [6, 6.07) is 4.18. The van der Waals surface area contributed by atoms with E-state index in [1.54, 1.807) is 25.1 Å². The molecule has 0 spiro atoms. The van der Waals surface area contributed by atoms with E-state index in [0.29, 0.717) is 14.9 Å². The average Bonchev–Trinajstić information content (AvgIpc) is 2.22. The average molecular weight is 293 g/mol. The van der Waals surface area contributed by atoms with Crippen LogP contribution in [0.3, 0.4) is 0 Å². The number of thioether (sulfide) groups is 1. The fourth-order valence-electron chi connectivity index (χ4n) is 1.05. The third-order valence-electron chi connectivity index (χ3n) is 1.83. The molecule has 0 saturated heterocycles. The predicted molar refractivity (Wildman–Crippen MR) is 69.5 cm³/mol. The lowest BCUT2D eigenvalue weighted by molar-refractivity contribution is -0.119. The van der Waals surface area contributed by atoms with E-state index in [4.69, 9.17) is 28.9 Å². The van der Waals surface area contributed by atoms with Gasteiger partial charge in [0.2, 0.25) is 5.91 Å². The van der Waals surface area contributed by atoms with E-state index in [1.807, 2.05) is 5.32 Å². The van der Waals surface area contributed by atoms with Crippen molar-refractivity contribution >= 4 is 46.9 Å². The number of benzene rings is 1. The van der Waals surface area contributed by atoms with Crippen LogP contribution in [0.1, 0.15) is 6.92 Å². The second-order valence-electron chi connectivity index (χ2n) is 3.16. The third kappa shape index (κ3) is 4.11. The first-order chi connectivity index (χ1) is 7.91. The van der Waals surface area contributed by atoms with Gasteiger partial charge in [-0.25, -0.2) is 4.79 Å². The lowest BCUT2D eigenvalue weighted by Gasteiger charge is -2.12. The highest BCUT2D eigenvalue weighted by atomic mass is 35.5. The van der Waals surface area contributed by atoms with Crippen molar-refractivity contribution < 1.29 is 9.59 Å². The summed E-state index contributed by atoms with van der Waals surface area (Å²) >= 11 is 13.1. The topological polar surface area (TPSA) is 72.2 Å². The molecule has 0 fully saturated rings. The molecule has 1 aromatic rings. The molecule has 0 aliphatic rings. The maximum Gasteiger partial charge on any atom is 0.318 e. The zero-order chi connectivity index (χ0) is 13.0. The van der Waals surface area contributed by atoms with Crippen LogP contribution in [0, 0.1) is 0 Å². The minimum absolute atomic E-state index is 0.459. The fraction of sp³-hybridized carbons (Fsp3) is 0.200. The smallest absolute Gasteiger partial charge is 0.318 e. The SMILES string of the molecule is C[C@H](Sc1c(Cl)cccc1Cl)C(=O)NC(N)=O. The zero-order valence-electron chi connectivity index (χ0n) is 8.87. The number of hydrogen-bond donors (Lipinski definition) is 2. The molecule has 92 valence electrons. The number of nitrogens with two attached hydrogens (primary N) is 1. The van der Waals surface area contributed by atoms with Gasteiger partial charge in [0.25, 0.3) is 0 Å². The van der Waals surface area contributed by atoms with Crippen LogP contribution in [0.15, 0.2) is 23.1 Å². The summed E-state index contributed by atoms with van der Waals surface area (Å²) < 4.78 is 0. The Bertz CT molecular complexity index is 434. The van der Waals surface area contributed by atoms with E-state index in [9.17, 15) is 9.59 Å². The molecule has 0 saturated carbocycles. The van der Waals surface area contributed by atoms with Gasteiger partial charge in [-0.2, -0.15) is 0 Å². The van der Waals surface area contributed by atoms with Crippen molar-refractivity contribution in [3.05, 3.63) is 28.2 Å². The van der Waals surface area contributed by atoms with Crippen LogP contribution in [-0.4, -0.2) is 17.2 Å². The molecular weight excluding hydrogens is 283 g/mol. The number of carbonyl (C=O) groups is 2. The molecule has 0 bridgehead atoms. The number of urea groups is 1. The molecule has 0 aliphatic carbocycles. The molecule has 0 aromatic heterocycles. The summed E-state index contributed by atoms with van der Waals surface area (Å²) in [4.78, 5) is 22.6. The number of halogens is 2. The zero-order valence-corrected chi connectivity index (χ0v) is 11.2. The Morgan fingerprint density at radius 3 is 2.35 bits per heavy atom. The Morgan fingerprint density at radius 1 is 1.35 bits per heavy atom. The molecule has 0 unspecified atom stereocenters. The molecule has 0 heterocycles. The maximum absolute atomic E-state index is 11.5. The lowest BCUT2D eigenvalue weighted by atomic mass is 10.4. The van der Waals surface area contributed by atoms with E-state index in [2.05, 4.69) is 0 Å².